The number of sulfonamides is 1. The Kier molecular flexibility index (Phi) is 6.56. The van der Waals surface area contributed by atoms with Crippen molar-refractivity contribution in [1.29, 1.82) is 0 Å². The lowest BCUT2D eigenvalue weighted by atomic mass is 10.1. The first-order valence-electron chi connectivity index (χ1n) is 6.87. The van der Waals surface area contributed by atoms with Crippen LogP contribution in [0.25, 0.3) is 0 Å². The van der Waals surface area contributed by atoms with E-state index in [4.69, 9.17) is 5.73 Å². The van der Waals surface area contributed by atoms with Gasteiger partial charge in [0.05, 0.1) is 4.90 Å². The van der Waals surface area contributed by atoms with Crippen molar-refractivity contribution in [3.05, 3.63) is 24.0 Å². The largest absolute Gasteiger partial charge is 0.330 e. The minimum absolute atomic E-state index is 0. The van der Waals surface area contributed by atoms with Crippen molar-refractivity contribution in [3.8, 4) is 0 Å². The second-order valence-electron chi connectivity index (χ2n) is 5.52. The number of hydrogen-bond acceptors (Lipinski definition) is 5. The Morgan fingerprint density at radius 2 is 1.91 bits per heavy atom. The van der Waals surface area contributed by atoms with Gasteiger partial charge in [-0.3, -0.25) is 0 Å². The van der Waals surface area contributed by atoms with Crippen LogP contribution in [-0.2, 0) is 19.9 Å². The van der Waals surface area contributed by atoms with Crippen LogP contribution in [0.15, 0.2) is 28.0 Å². The molecule has 0 radical (unpaired) electrons. The minimum atomic E-state index is -3.91. The maximum atomic E-state index is 13.8. The Morgan fingerprint density at radius 3 is 2.43 bits per heavy atom. The molecular formula is C13H20ClFN2O4S2. The van der Waals surface area contributed by atoms with E-state index in [-0.39, 0.29) is 29.3 Å². The summed E-state index contributed by atoms with van der Waals surface area (Å²) >= 11 is 0. The molecule has 2 atom stereocenters. The molecule has 2 rings (SSSR count). The van der Waals surface area contributed by atoms with Gasteiger partial charge in [0, 0.05) is 12.3 Å². The predicted octanol–water partition coefficient (Wildman–Crippen LogP) is 1.06. The van der Waals surface area contributed by atoms with Gasteiger partial charge < -0.3 is 5.73 Å². The summed E-state index contributed by atoms with van der Waals surface area (Å²) in [5, 5.41) is 0. The molecule has 0 aromatic heterocycles. The van der Waals surface area contributed by atoms with Crippen LogP contribution >= 0.6 is 12.4 Å². The third-order valence-electron chi connectivity index (χ3n) is 3.88. The Labute approximate surface area is 142 Å². The number of hydrogen-bond donors (Lipinski definition) is 2. The fourth-order valence-corrected chi connectivity index (χ4v) is 4.77. The van der Waals surface area contributed by atoms with E-state index in [1.54, 1.807) is 0 Å². The molecule has 0 aliphatic heterocycles. The van der Waals surface area contributed by atoms with Crippen LogP contribution in [0.1, 0.15) is 19.3 Å². The molecule has 1 aliphatic rings. The monoisotopic (exact) mass is 386 g/mol. The lowest BCUT2D eigenvalue weighted by Crippen LogP contribution is -2.39. The maximum absolute atomic E-state index is 13.8. The summed E-state index contributed by atoms with van der Waals surface area (Å²) in [5.41, 5.74) is 5.61. The van der Waals surface area contributed by atoms with Gasteiger partial charge in [-0.2, -0.15) is 0 Å². The second kappa shape index (κ2) is 7.43. The fourth-order valence-electron chi connectivity index (χ4n) is 2.69. The average Bonchev–Trinajstić information content (AvgIpc) is 2.83. The van der Waals surface area contributed by atoms with Crippen LogP contribution in [0.3, 0.4) is 0 Å². The van der Waals surface area contributed by atoms with Crippen molar-refractivity contribution >= 4 is 32.3 Å². The maximum Gasteiger partial charge on any atom is 0.240 e. The van der Waals surface area contributed by atoms with E-state index < -0.39 is 30.6 Å². The number of nitrogens with two attached hydrogens (primary N) is 1. The van der Waals surface area contributed by atoms with Crippen LogP contribution in [0.5, 0.6) is 0 Å². The highest BCUT2D eigenvalue weighted by molar-refractivity contribution is 7.90. The number of benzene rings is 1. The van der Waals surface area contributed by atoms with Gasteiger partial charge in [0.15, 0.2) is 9.84 Å². The molecule has 3 N–H and O–H groups in total. The SMILES string of the molecule is CS(=O)(=O)c1ccc(S(=O)(=O)NC2CCCC2CN)cc1F.Cl. The Bertz CT molecular complexity index is 768. The summed E-state index contributed by atoms with van der Waals surface area (Å²) in [5.74, 6) is -1.01. The van der Waals surface area contributed by atoms with Crippen molar-refractivity contribution in [2.45, 2.75) is 35.1 Å². The van der Waals surface area contributed by atoms with Gasteiger partial charge in [0.2, 0.25) is 10.0 Å². The quantitative estimate of drug-likeness (QED) is 0.786. The van der Waals surface area contributed by atoms with E-state index >= 15 is 0 Å². The van der Waals surface area contributed by atoms with E-state index in [9.17, 15) is 21.2 Å². The topological polar surface area (TPSA) is 106 Å². The van der Waals surface area contributed by atoms with Crippen LogP contribution in [0.2, 0.25) is 0 Å². The average molecular weight is 387 g/mol. The van der Waals surface area contributed by atoms with Crippen LogP contribution in [0, 0.1) is 11.7 Å². The zero-order valence-corrected chi connectivity index (χ0v) is 15.0. The summed E-state index contributed by atoms with van der Waals surface area (Å²) in [6.45, 7) is 0.383. The number of rotatable bonds is 5. The Balaban J connectivity index is 0.00000264. The van der Waals surface area contributed by atoms with Gasteiger partial charge in [-0.15, -0.1) is 12.4 Å². The first kappa shape index (κ1) is 20.3. The molecule has 1 saturated carbocycles. The molecule has 1 aromatic rings. The Morgan fingerprint density at radius 1 is 1.26 bits per heavy atom. The van der Waals surface area contributed by atoms with Gasteiger partial charge in [0.1, 0.15) is 10.7 Å². The van der Waals surface area contributed by atoms with Crippen molar-refractivity contribution in [2.75, 3.05) is 12.8 Å². The third-order valence-corrected chi connectivity index (χ3v) is 6.50. The first-order valence-corrected chi connectivity index (χ1v) is 10.2. The highest BCUT2D eigenvalue weighted by Gasteiger charge is 2.30. The molecule has 1 aliphatic carbocycles. The molecule has 132 valence electrons. The van der Waals surface area contributed by atoms with E-state index in [0.717, 1.165) is 37.3 Å². The normalized spacial score (nSPS) is 21.9. The smallest absolute Gasteiger partial charge is 0.240 e. The highest BCUT2D eigenvalue weighted by atomic mass is 35.5. The summed E-state index contributed by atoms with van der Waals surface area (Å²) in [6, 6.07) is 2.51. The molecule has 0 heterocycles. The van der Waals surface area contributed by atoms with E-state index in [1.165, 1.54) is 0 Å². The standard InChI is InChI=1S/C13H19FN2O4S2.ClH/c1-21(17,18)13-6-5-10(7-11(13)14)22(19,20)16-12-4-2-3-9(12)8-15;/h5-7,9,12,16H,2-4,8,15H2,1H3;1H. The summed E-state index contributed by atoms with van der Waals surface area (Å²) in [7, 11) is -7.65. The molecule has 23 heavy (non-hydrogen) atoms. The molecular weight excluding hydrogens is 367 g/mol. The van der Waals surface area contributed by atoms with Gasteiger partial charge >= 0.3 is 0 Å². The molecule has 0 saturated heterocycles. The molecule has 0 amide bonds. The summed E-state index contributed by atoms with van der Waals surface area (Å²) in [4.78, 5) is -0.813. The van der Waals surface area contributed by atoms with E-state index in [1.807, 2.05) is 0 Å². The Hall–Kier alpha value is -0.740. The number of halogens is 2. The van der Waals surface area contributed by atoms with Crippen LogP contribution in [0.4, 0.5) is 4.39 Å². The third kappa shape index (κ3) is 4.63. The van der Waals surface area contributed by atoms with Crippen molar-refractivity contribution in [3.63, 3.8) is 0 Å². The fraction of sp³-hybridized carbons (Fsp3) is 0.538. The molecule has 10 heteroatoms. The lowest BCUT2D eigenvalue weighted by molar-refractivity contribution is 0.452. The molecule has 1 fully saturated rings. The molecule has 0 spiro atoms. The van der Waals surface area contributed by atoms with E-state index in [0.29, 0.717) is 13.0 Å². The molecule has 1 aromatic carbocycles. The van der Waals surface area contributed by atoms with Gasteiger partial charge in [-0.25, -0.2) is 25.9 Å². The first-order chi connectivity index (χ1) is 10.1. The van der Waals surface area contributed by atoms with Crippen molar-refractivity contribution in [2.24, 2.45) is 11.7 Å². The summed E-state index contributed by atoms with van der Waals surface area (Å²) in [6.07, 6.45) is 3.29. The van der Waals surface area contributed by atoms with Gasteiger partial charge in [0.25, 0.3) is 0 Å². The molecule has 2 unspecified atom stereocenters. The van der Waals surface area contributed by atoms with E-state index in [2.05, 4.69) is 4.72 Å². The van der Waals surface area contributed by atoms with Crippen molar-refractivity contribution in [1.82, 2.24) is 4.72 Å². The molecule has 0 bridgehead atoms. The van der Waals surface area contributed by atoms with Crippen LogP contribution < -0.4 is 10.5 Å². The number of nitrogens with one attached hydrogen (secondary N) is 1. The zero-order chi connectivity index (χ0) is 16.5. The predicted molar refractivity (Wildman–Crippen MR) is 87.3 cm³/mol. The lowest BCUT2D eigenvalue weighted by Gasteiger charge is -2.19. The summed E-state index contributed by atoms with van der Waals surface area (Å²) < 4.78 is 63.7. The second-order valence-corrected chi connectivity index (χ2v) is 9.22. The van der Waals surface area contributed by atoms with Crippen LogP contribution in [-0.4, -0.2) is 35.7 Å². The number of sulfone groups is 1. The highest BCUT2D eigenvalue weighted by Crippen LogP contribution is 2.27. The molecule has 6 nitrogen and oxygen atoms in total. The van der Waals surface area contributed by atoms with Gasteiger partial charge in [-0.1, -0.05) is 6.42 Å². The minimum Gasteiger partial charge on any atom is -0.330 e. The zero-order valence-electron chi connectivity index (χ0n) is 12.5. The van der Waals surface area contributed by atoms with Crippen molar-refractivity contribution < 1.29 is 21.2 Å². The van der Waals surface area contributed by atoms with Gasteiger partial charge in [-0.05, 0) is 43.5 Å².